The molecule has 0 aliphatic heterocycles. The number of anilines is 1. The number of benzene rings is 1. The van der Waals surface area contributed by atoms with Gasteiger partial charge in [0.05, 0.1) is 10.7 Å². The van der Waals surface area contributed by atoms with Crippen molar-refractivity contribution in [3.05, 3.63) is 51.9 Å². The summed E-state index contributed by atoms with van der Waals surface area (Å²) in [6.07, 6.45) is 1.51. The van der Waals surface area contributed by atoms with Gasteiger partial charge < -0.3 is 15.2 Å². The van der Waals surface area contributed by atoms with E-state index >= 15 is 0 Å². The van der Waals surface area contributed by atoms with E-state index in [-0.39, 0.29) is 17.1 Å². The molecule has 0 fully saturated rings. The van der Waals surface area contributed by atoms with Crippen LogP contribution in [0.3, 0.4) is 0 Å². The number of hydrogen-bond acceptors (Lipinski definition) is 5. The first-order valence-electron chi connectivity index (χ1n) is 7.38. The third kappa shape index (κ3) is 3.56. The Hall–Kier alpha value is -2.84. The van der Waals surface area contributed by atoms with Gasteiger partial charge in [0.25, 0.3) is 11.8 Å². The standard InChI is InChI=1S/C16H13Cl2N5O3/c1-19-16(25)14-12(7-23(2)21-14)20-15(24)11-6-13(26-22-11)9-4-3-8(17)5-10(9)18/h3-7H,1-2H3,(H,19,25)(H,20,24). The van der Waals surface area contributed by atoms with Crippen LogP contribution in [0.2, 0.25) is 10.0 Å². The Morgan fingerprint density at radius 3 is 2.65 bits per heavy atom. The lowest BCUT2D eigenvalue weighted by Crippen LogP contribution is -2.21. The van der Waals surface area contributed by atoms with Gasteiger partial charge in [0.15, 0.2) is 17.1 Å². The molecule has 2 N–H and O–H groups in total. The van der Waals surface area contributed by atoms with E-state index in [1.807, 2.05) is 0 Å². The summed E-state index contributed by atoms with van der Waals surface area (Å²) in [4.78, 5) is 24.2. The SMILES string of the molecule is CNC(=O)c1nn(C)cc1NC(=O)c1cc(-c2ccc(Cl)cc2Cl)on1. The molecule has 0 aliphatic carbocycles. The third-order valence-electron chi connectivity index (χ3n) is 3.46. The molecular weight excluding hydrogens is 381 g/mol. The Labute approximate surface area is 158 Å². The Balaban J connectivity index is 1.84. The number of carbonyl (C=O) groups excluding carboxylic acids is 2. The highest BCUT2D eigenvalue weighted by molar-refractivity contribution is 6.36. The molecule has 0 spiro atoms. The van der Waals surface area contributed by atoms with Crippen LogP contribution in [0.25, 0.3) is 11.3 Å². The van der Waals surface area contributed by atoms with Crippen LogP contribution in [-0.4, -0.2) is 33.8 Å². The second-order valence-electron chi connectivity index (χ2n) is 5.30. The Morgan fingerprint density at radius 1 is 1.19 bits per heavy atom. The van der Waals surface area contributed by atoms with Crippen molar-refractivity contribution in [2.45, 2.75) is 0 Å². The number of aromatic nitrogens is 3. The predicted octanol–water partition coefficient (Wildman–Crippen LogP) is 2.99. The second kappa shape index (κ2) is 7.19. The Morgan fingerprint density at radius 2 is 1.96 bits per heavy atom. The van der Waals surface area contributed by atoms with Crippen molar-refractivity contribution in [2.75, 3.05) is 12.4 Å². The van der Waals surface area contributed by atoms with E-state index < -0.39 is 11.8 Å². The molecule has 0 radical (unpaired) electrons. The molecule has 0 aliphatic rings. The first kappa shape index (κ1) is 18.0. The summed E-state index contributed by atoms with van der Waals surface area (Å²) in [5.41, 5.74) is 0.923. The number of hydrogen-bond donors (Lipinski definition) is 2. The molecule has 26 heavy (non-hydrogen) atoms. The van der Waals surface area contributed by atoms with Crippen molar-refractivity contribution in [3.63, 3.8) is 0 Å². The summed E-state index contributed by atoms with van der Waals surface area (Å²) >= 11 is 12.0. The smallest absolute Gasteiger partial charge is 0.277 e. The van der Waals surface area contributed by atoms with E-state index in [0.29, 0.717) is 21.4 Å². The molecule has 0 bridgehead atoms. The molecule has 8 nitrogen and oxygen atoms in total. The van der Waals surface area contributed by atoms with E-state index in [1.54, 1.807) is 25.2 Å². The van der Waals surface area contributed by atoms with Crippen molar-refractivity contribution in [1.29, 1.82) is 0 Å². The minimum absolute atomic E-state index is 0.0257. The van der Waals surface area contributed by atoms with E-state index in [9.17, 15) is 9.59 Å². The van der Waals surface area contributed by atoms with Crippen LogP contribution in [0.4, 0.5) is 5.69 Å². The Kier molecular flexibility index (Phi) is 4.97. The largest absolute Gasteiger partial charge is 0.355 e. The molecule has 1 aromatic carbocycles. The van der Waals surface area contributed by atoms with E-state index in [1.165, 1.54) is 24.0 Å². The molecular formula is C16H13Cl2N5O3. The molecule has 2 aromatic heterocycles. The predicted molar refractivity (Wildman–Crippen MR) is 96.5 cm³/mol. The normalized spacial score (nSPS) is 10.6. The number of rotatable bonds is 4. The fraction of sp³-hybridized carbons (Fsp3) is 0.125. The van der Waals surface area contributed by atoms with Crippen LogP contribution >= 0.6 is 23.2 Å². The van der Waals surface area contributed by atoms with Crippen molar-refractivity contribution in [1.82, 2.24) is 20.3 Å². The van der Waals surface area contributed by atoms with Gasteiger partial charge in [0.2, 0.25) is 0 Å². The van der Waals surface area contributed by atoms with E-state index in [0.717, 1.165) is 0 Å². The highest BCUT2D eigenvalue weighted by atomic mass is 35.5. The zero-order valence-corrected chi connectivity index (χ0v) is 15.2. The fourth-order valence-electron chi connectivity index (χ4n) is 2.25. The average Bonchev–Trinajstić information content (AvgIpc) is 3.21. The zero-order valence-electron chi connectivity index (χ0n) is 13.7. The minimum atomic E-state index is -0.553. The van der Waals surface area contributed by atoms with Gasteiger partial charge in [-0.15, -0.1) is 0 Å². The number of aryl methyl sites for hydroxylation is 1. The molecule has 2 amide bonds. The summed E-state index contributed by atoms with van der Waals surface area (Å²) in [6.45, 7) is 0. The number of halogens is 2. The average molecular weight is 394 g/mol. The maximum Gasteiger partial charge on any atom is 0.277 e. The summed E-state index contributed by atoms with van der Waals surface area (Å²) in [7, 11) is 3.11. The molecule has 0 saturated heterocycles. The number of nitrogens with zero attached hydrogens (tertiary/aromatic N) is 3. The molecule has 134 valence electrons. The summed E-state index contributed by atoms with van der Waals surface area (Å²) in [6, 6.07) is 6.32. The van der Waals surface area contributed by atoms with Gasteiger partial charge >= 0.3 is 0 Å². The first-order valence-corrected chi connectivity index (χ1v) is 8.14. The van der Waals surface area contributed by atoms with Gasteiger partial charge in [-0.25, -0.2) is 0 Å². The van der Waals surface area contributed by atoms with Gasteiger partial charge in [-0.2, -0.15) is 5.10 Å². The summed E-state index contributed by atoms with van der Waals surface area (Å²) < 4.78 is 6.61. The van der Waals surface area contributed by atoms with Crippen molar-refractivity contribution < 1.29 is 14.1 Å². The highest BCUT2D eigenvalue weighted by Crippen LogP contribution is 2.30. The Bertz CT molecular complexity index is 996. The van der Waals surface area contributed by atoms with Gasteiger partial charge in [0, 0.05) is 36.9 Å². The molecule has 0 unspecified atom stereocenters. The molecule has 10 heteroatoms. The zero-order chi connectivity index (χ0) is 18.8. The van der Waals surface area contributed by atoms with E-state index in [2.05, 4.69) is 20.9 Å². The molecule has 2 heterocycles. The van der Waals surface area contributed by atoms with Crippen LogP contribution in [0.1, 0.15) is 21.0 Å². The lowest BCUT2D eigenvalue weighted by molar-refractivity contribution is 0.0958. The van der Waals surface area contributed by atoms with Gasteiger partial charge in [-0.05, 0) is 18.2 Å². The quantitative estimate of drug-likeness (QED) is 0.709. The highest BCUT2D eigenvalue weighted by Gasteiger charge is 2.20. The first-order chi connectivity index (χ1) is 12.4. The maximum atomic E-state index is 12.4. The van der Waals surface area contributed by atoms with Gasteiger partial charge in [-0.3, -0.25) is 14.3 Å². The van der Waals surface area contributed by atoms with Gasteiger partial charge in [-0.1, -0.05) is 28.4 Å². The number of nitrogens with one attached hydrogen (secondary N) is 2. The lowest BCUT2D eigenvalue weighted by Gasteiger charge is -2.02. The minimum Gasteiger partial charge on any atom is -0.355 e. The fourth-order valence-corrected chi connectivity index (χ4v) is 2.75. The number of carbonyl (C=O) groups is 2. The summed E-state index contributed by atoms with van der Waals surface area (Å²) in [5.74, 6) is -0.660. The van der Waals surface area contributed by atoms with Crippen LogP contribution in [0.5, 0.6) is 0 Å². The van der Waals surface area contributed by atoms with Gasteiger partial charge in [0.1, 0.15) is 0 Å². The molecule has 3 aromatic rings. The number of amides is 2. The van der Waals surface area contributed by atoms with Crippen molar-refractivity contribution >= 4 is 40.7 Å². The second-order valence-corrected chi connectivity index (χ2v) is 6.14. The van der Waals surface area contributed by atoms with Crippen LogP contribution < -0.4 is 10.6 Å². The summed E-state index contributed by atoms with van der Waals surface area (Å²) in [5, 5.41) is 13.7. The third-order valence-corrected chi connectivity index (χ3v) is 4.01. The van der Waals surface area contributed by atoms with Crippen LogP contribution in [0.15, 0.2) is 35.0 Å². The lowest BCUT2D eigenvalue weighted by atomic mass is 10.1. The van der Waals surface area contributed by atoms with Crippen LogP contribution in [-0.2, 0) is 7.05 Å². The monoisotopic (exact) mass is 393 g/mol. The topological polar surface area (TPSA) is 102 Å². The maximum absolute atomic E-state index is 12.4. The molecule has 0 atom stereocenters. The van der Waals surface area contributed by atoms with E-state index in [4.69, 9.17) is 27.7 Å². The van der Waals surface area contributed by atoms with Crippen molar-refractivity contribution in [2.24, 2.45) is 7.05 Å². The molecule has 3 rings (SSSR count). The van der Waals surface area contributed by atoms with Crippen LogP contribution in [0, 0.1) is 0 Å². The van der Waals surface area contributed by atoms with Crippen molar-refractivity contribution in [3.8, 4) is 11.3 Å². The molecule has 0 saturated carbocycles.